The topological polar surface area (TPSA) is 132 Å². The summed E-state index contributed by atoms with van der Waals surface area (Å²) in [4.78, 5) is 35.6. The number of carbonyl (C=O) groups excluding carboxylic acids is 2. The molecular weight excluding hydrogens is 424 g/mol. The molecule has 0 bridgehead atoms. The second-order valence-corrected chi connectivity index (χ2v) is 7.40. The summed E-state index contributed by atoms with van der Waals surface area (Å²) in [7, 11) is 0. The van der Waals surface area contributed by atoms with E-state index in [-0.39, 0.29) is 34.1 Å². The molecule has 11 heteroatoms. The third-order valence-corrected chi connectivity index (χ3v) is 5.14. The molecule has 0 atom stereocenters. The first-order valence-electron chi connectivity index (χ1n) is 9.45. The van der Waals surface area contributed by atoms with Gasteiger partial charge in [0.2, 0.25) is 0 Å². The molecule has 0 aliphatic heterocycles. The van der Waals surface area contributed by atoms with Gasteiger partial charge in [-0.05, 0) is 31.0 Å². The Morgan fingerprint density at radius 1 is 1.16 bits per heavy atom. The van der Waals surface area contributed by atoms with Gasteiger partial charge in [-0.25, -0.2) is 0 Å². The van der Waals surface area contributed by atoms with Crippen molar-refractivity contribution < 1.29 is 14.5 Å². The molecular formula is C20H17ClN6O4. The van der Waals surface area contributed by atoms with Crippen LogP contribution in [0.5, 0.6) is 0 Å². The van der Waals surface area contributed by atoms with Crippen molar-refractivity contribution in [2.24, 2.45) is 0 Å². The van der Waals surface area contributed by atoms with Gasteiger partial charge in [-0.15, -0.1) is 10.2 Å². The fourth-order valence-corrected chi connectivity index (χ4v) is 3.35. The van der Waals surface area contributed by atoms with Crippen LogP contribution in [0.1, 0.15) is 45.4 Å². The predicted octanol–water partition coefficient (Wildman–Crippen LogP) is 3.36. The van der Waals surface area contributed by atoms with Crippen molar-refractivity contribution in [2.75, 3.05) is 5.32 Å². The Balaban J connectivity index is 1.47. The Kier molecular flexibility index (Phi) is 5.63. The molecule has 4 rings (SSSR count). The largest absolute Gasteiger partial charge is 0.345 e. The highest BCUT2D eigenvalue weighted by molar-refractivity contribution is 6.34. The van der Waals surface area contributed by atoms with Crippen molar-refractivity contribution in [2.45, 2.75) is 25.4 Å². The first-order valence-corrected chi connectivity index (χ1v) is 9.82. The van der Waals surface area contributed by atoms with Gasteiger partial charge in [0.15, 0.2) is 5.82 Å². The van der Waals surface area contributed by atoms with E-state index in [0.29, 0.717) is 11.9 Å². The van der Waals surface area contributed by atoms with Gasteiger partial charge >= 0.3 is 0 Å². The summed E-state index contributed by atoms with van der Waals surface area (Å²) >= 11 is 6.03. The first kappa shape index (κ1) is 20.5. The van der Waals surface area contributed by atoms with Gasteiger partial charge in [0.25, 0.3) is 17.5 Å². The van der Waals surface area contributed by atoms with Gasteiger partial charge in [0.05, 0.1) is 33.3 Å². The molecule has 0 spiro atoms. The van der Waals surface area contributed by atoms with Crippen LogP contribution >= 0.6 is 11.6 Å². The van der Waals surface area contributed by atoms with Crippen LogP contribution in [0.3, 0.4) is 0 Å². The Morgan fingerprint density at radius 2 is 1.94 bits per heavy atom. The summed E-state index contributed by atoms with van der Waals surface area (Å²) in [6.07, 6.45) is 3.79. The monoisotopic (exact) mass is 440 g/mol. The molecule has 2 amide bonds. The fourth-order valence-electron chi connectivity index (χ4n) is 3.09. The highest BCUT2D eigenvalue weighted by Gasteiger charge is 2.26. The van der Waals surface area contributed by atoms with E-state index in [4.69, 9.17) is 11.6 Å². The van der Waals surface area contributed by atoms with E-state index >= 15 is 0 Å². The molecule has 2 N–H and O–H groups in total. The number of benzene rings is 2. The van der Waals surface area contributed by atoms with E-state index in [2.05, 4.69) is 20.8 Å². The smallest absolute Gasteiger partial charge is 0.270 e. The van der Waals surface area contributed by atoms with Crippen LogP contribution in [-0.4, -0.2) is 31.5 Å². The number of rotatable bonds is 7. The molecule has 10 nitrogen and oxygen atoms in total. The molecule has 3 aromatic rings. The minimum absolute atomic E-state index is 0.0556. The summed E-state index contributed by atoms with van der Waals surface area (Å²) in [5.74, 6) is -0.320. The Morgan fingerprint density at radius 3 is 2.65 bits per heavy atom. The van der Waals surface area contributed by atoms with Crippen LogP contribution in [0, 0.1) is 10.1 Å². The third-order valence-electron chi connectivity index (χ3n) is 4.82. The standard InChI is InChI=1S/C20H17ClN6O4/c21-16-9-13(27(30)31)7-8-14(16)20(29)24-17-4-2-1-3-15(17)19(28)22-10-18-25-23-11-26(18)12-5-6-12/h1-4,7-9,11-12H,5-6,10H2,(H,22,28)(H,24,29). The van der Waals surface area contributed by atoms with E-state index in [9.17, 15) is 19.7 Å². The lowest BCUT2D eigenvalue weighted by Crippen LogP contribution is -2.26. The maximum atomic E-state index is 12.7. The maximum Gasteiger partial charge on any atom is 0.270 e. The molecule has 158 valence electrons. The van der Waals surface area contributed by atoms with Crippen molar-refractivity contribution in [1.29, 1.82) is 0 Å². The van der Waals surface area contributed by atoms with E-state index in [0.717, 1.165) is 18.9 Å². The van der Waals surface area contributed by atoms with Crippen LogP contribution in [0.25, 0.3) is 0 Å². The number of halogens is 1. The van der Waals surface area contributed by atoms with Gasteiger partial charge < -0.3 is 15.2 Å². The normalized spacial score (nSPS) is 12.9. The zero-order valence-corrected chi connectivity index (χ0v) is 16.9. The van der Waals surface area contributed by atoms with Crippen molar-refractivity contribution >= 4 is 34.8 Å². The second kappa shape index (κ2) is 8.52. The molecule has 1 fully saturated rings. The summed E-state index contributed by atoms with van der Waals surface area (Å²) in [6.45, 7) is 0.200. The average molecular weight is 441 g/mol. The Labute approximate surface area is 181 Å². The SMILES string of the molecule is O=C(Nc1ccccc1C(=O)NCc1nncn1C1CC1)c1ccc([N+](=O)[O-])cc1Cl. The van der Waals surface area contributed by atoms with Crippen LogP contribution < -0.4 is 10.6 Å². The third kappa shape index (κ3) is 4.53. The van der Waals surface area contributed by atoms with Crippen molar-refractivity contribution in [3.63, 3.8) is 0 Å². The molecule has 2 aromatic carbocycles. The molecule has 1 saturated carbocycles. The minimum atomic E-state index is -0.600. The summed E-state index contributed by atoms with van der Waals surface area (Å²) in [5, 5.41) is 24.2. The van der Waals surface area contributed by atoms with Crippen molar-refractivity contribution in [1.82, 2.24) is 20.1 Å². The number of nitrogens with zero attached hydrogens (tertiary/aromatic N) is 4. The Bertz CT molecular complexity index is 1170. The number of aromatic nitrogens is 3. The Hall–Kier alpha value is -3.79. The van der Waals surface area contributed by atoms with Crippen molar-refractivity contribution in [3.8, 4) is 0 Å². The minimum Gasteiger partial charge on any atom is -0.345 e. The first-order chi connectivity index (χ1) is 14.9. The van der Waals surface area contributed by atoms with E-state index in [1.807, 2.05) is 4.57 Å². The maximum absolute atomic E-state index is 12.7. The van der Waals surface area contributed by atoms with Gasteiger partial charge in [0.1, 0.15) is 6.33 Å². The molecule has 1 aromatic heterocycles. The molecule has 31 heavy (non-hydrogen) atoms. The number of nitro benzene ring substituents is 1. The van der Waals surface area contributed by atoms with E-state index < -0.39 is 16.7 Å². The quantitative estimate of drug-likeness (QED) is 0.427. The van der Waals surface area contributed by atoms with Crippen LogP contribution in [-0.2, 0) is 6.54 Å². The number of amides is 2. The highest BCUT2D eigenvalue weighted by atomic mass is 35.5. The van der Waals surface area contributed by atoms with Crippen LogP contribution in [0.15, 0.2) is 48.8 Å². The highest BCUT2D eigenvalue weighted by Crippen LogP contribution is 2.35. The molecule has 0 radical (unpaired) electrons. The van der Waals surface area contributed by atoms with Gasteiger partial charge in [-0.2, -0.15) is 0 Å². The summed E-state index contributed by atoms with van der Waals surface area (Å²) < 4.78 is 1.95. The average Bonchev–Trinajstić information content (AvgIpc) is 3.49. The number of nitrogens with one attached hydrogen (secondary N) is 2. The van der Waals surface area contributed by atoms with Crippen LogP contribution in [0.4, 0.5) is 11.4 Å². The number of hydrogen-bond donors (Lipinski definition) is 2. The van der Waals surface area contributed by atoms with Gasteiger partial charge in [-0.1, -0.05) is 23.7 Å². The summed E-state index contributed by atoms with van der Waals surface area (Å²) in [5.41, 5.74) is 0.370. The van der Waals surface area contributed by atoms with Gasteiger partial charge in [-0.3, -0.25) is 19.7 Å². The molecule has 0 unspecified atom stereocenters. The second-order valence-electron chi connectivity index (χ2n) is 6.99. The zero-order valence-electron chi connectivity index (χ0n) is 16.1. The van der Waals surface area contributed by atoms with Crippen molar-refractivity contribution in [3.05, 3.63) is 80.9 Å². The number of carbonyl (C=O) groups is 2. The van der Waals surface area contributed by atoms with Gasteiger partial charge in [0, 0.05) is 18.2 Å². The number of nitro groups is 1. The van der Waals surface area contributed by atoms with E-state index in [1.54, 1.807) is 30.6 Å². The lowest BCUT2D eigenvalue weighted by molar-refractivity contribution is -0.384. The lowest BCUT2D eigenvalue weighted by Gasteiger charge is -2.12. The zero-order chi connectivity index (χ0) is 22.0. The van der Waals surface area contributed by atoms with Crippen LogP contribution in [0.2, 0.25) is 5.02 Å². The summed E-state index contributed by atoms with van der Waals surface area (Å²) in [6, 6.07) is 10.5. The molecule has 1 aliphatic carbocycles. The molecule has 0 saturated heterocycles. The molecule has 1 heterocycles. The fraction of sp³-hybridized carbons (Fsp3) is 0.200. The molecule has 1 aliphatic rings. The number of hydrogen-bond acceptors (Lipinski definition) is 6. The number of para-hydroxylation sites is 1. The lowest BCUT2D eigenvalue weighted by atomic mass is 10.1. The number of non-ortho nitro benzene ring substituents is 1. The van der Waals surface area contributed by atoms with E-state index in [1.165, 1.54) is 12.1 Å². The predicted molar refractivity (Wildman–Crippen MR) is 112 cm³/mol. The number of anilines is 1.